The van der Waals surface area contributed by atoms with Gasteiger partial charge >= 0.3 is 0 Å². The molecule has 1 aliphatic heterocycles. The molecule has 4 nitrogen and oxygen atoms in total. The number of hydrogen-bond donors (Lipinski definition) is 2. The largest absolute Gasteiger partial charge is 0.399 e. The molecule has 0 unspecified atom stereocenters. The van der Waals surface area contributed by atoms with E-state index in [-0.39, 0.29) is 5.91 Å². The normalized spacial score (nSPS) is 16.3. The van der Waals surface area contributed by atoms with Gasteiger partial charge < -0.3 is 16.0 Å². The molecule has 98 valence electrons. The third-order valence-electron chi connectivity index (χ3n) is 2.94. The van der Waals surface area contributed by atoms with E-state index in [2.05, 4.69) is 5.32 Å². The molecule has 0 aliphatic carbocycles. The SMILES string of the molecule is Nc1ccc(SCC(=O)N2CCCNCC2)cc1. The lowest BCUT2D eigenvalue weighted by atomic mass is 10.3. The number of amides is 1. The molecular formula is C13H19N3OS. The molecule has 2 rings (SSSR count). The minimum absolute atomic E-state index is 0.223. The van der Waals surface area contributed by atoms with Crippen LogP contribution in [-0.2, 0) is 4.79 Å². The van der Waals surface area contributed by atoms with E-state index in [0.29, 0.717) is 5.75 Å². The van der Waals surface area contributed by atoms with Crippen LogP contribution in [0.5, 0.6) is 0 Å². The van der Waals surface area contributed by atoms with E-state index in [1.165, 1.54) is 0 Å². The number of nitrogen functional groups attached to an aromatic ring is 1. The average molecular weight is 265 g/mol. The van der Waals surface area contributed by atoms with Crippen LogP contribution in [0, 0.1) is 0 Å². The van der Waals surface area contributed by atoms with E-state index in [4.69, 9.17) is 5.73 Å². The Morgan fingerprint density at radius 2 is 2.06 bits per heavy atom. The Labute approximate surface area is 112 Å². The first kappa shape index (κ1) is 13.2. The average Bonchev–Trinajstić information content (AvgIpc) is 2.66. The molecule has 1 saturated heterocycles. The van der Waals surface area contributed by atoms with Crippen molar-refractivity contribution in [3.05, 3.63) is 24.3 Å². The molecule has 3 N–H and O–H groups in total. The lowest BCUT2D eigenvalue weighted by Crippen LogP contribution is -2.35. The lowest BCUT2D eigenvalue weighted by Gasteiger charge is -2.19. The number of nitrogens with zero attached hydrogens (tertiary/aromatic N) is 1. The fraction of sp³-hybridized carbons (Fsp3) is 0.462. The molecule has 5 heteroatoms. The van der Waals surface area contributed by atoms with Crippen molar-refractivity contribution >= 4 is 23.4 Å². The Balaban J connectivity index is 1.81. The highest BCUT2D eigenvalue weighted by molar-refractivity contribution is 8.00. The smallest absolute Gasteiger partial charge is 0.232 e. The number of rotatable bonds is 3. The molecule has 0 spiro atoms. The monoisotopic (exact) mass is 265 g/mol. The van der Waals surface area contributed by atoms with Crippen LogP contribution in [0.4, 0.5) is 5.69 Å². The first-order valence-corrected chi connectivity index (χ1v) is 7.21. The molecule has 1 heterocycles. The summed E-state index contributed by atoms with van der Waals surface area (Å²) in [6, 6.07) is 7.64. The second-order valence-electron chi connectivity index (χ2n) is 4.34. The minimum Gasteiger partial charge on any atom is -0.399 e. The topological polar surface area (TPSA) is 58.4 Å². The van der Waals surface area contributed by atoms with E-state index in [1.807, 2.05) is 29.2 Å². The fourth-order valence-electron chi connectivity index (χ4n) is 1.90. The zero-order chi connectivity index (χ0) is 12.8. The summed E-state index contributed by atoms with van der Waals surface area (Å²) in [5, 5.41) is 3.30. The summed E-state index contributed by atoms with van der Waals surface area (Å²) < 4.78 is 0. The lowest BCUT2D eigenvalue weighted by molar-refractivity contribution is -0.128. The van der Waals surface area contributed by atoms with Gasteiger partial charge in [-0.15, -0.1) is 11.8 Å². The molecule has 0 saturated carbocycles. The van der Waals surface area contributed by atoms with Gasteiger partial charge in [0.05, 0.1) is 5.75 Å². The second kappa shape index (κ2) is 6.66. The summed E-state index contributed by atoms with van der Waals surface area (Å²) in [5.74, 6) is 0.727. The number of carbonyl (C=O) groups is 1. The van der Waals surface area contributed by atoms with Gasteiger partial charge in [0.15, 0.2) is 0 Å². The Kier molecular flexibility index (Phi) is 4.90. The molecule has 18 heavy (non-hydrogen) atoms. The summed E-state index contributed by atoms with van der Waals surface area (Å²) >= 11 is 1.57. The van der Waals surface area contributed by atoms with Crippen LogP contribution in [0.1, 0.15) is 6.42 Å². The number of nitrogens with two attached hydrogens (primary N) is 1. The van der Waals surface area contributed by atoms with Gasteiger partial charge in [-0.25, -0.2) is 0 Å². The molecular weight excluding hydrogens is 246 g/mol. The summed E-state index contributed by atoms with van der Waals surface area (Å²) in [7, 11) is 0. The van der Waals surface area contributed by atoms with Crippen LogP contribution < -0.4 is 11.1 Å². The second-order valence-corrected chi connectivity index (χ2v) is 5.39. The van der Waals surface area contributed by atoms with Crippen molar-refractivity contribution in [2.45, 2.75) is 11.3 Å². The maximum absolute atomic E-state index is 12.0. The number of thioether (sulfide) groups is 1. The van der Waals surface area contributed by atoms with E-state index >= 15 is 0 Å². The first-order valence-electron chi connectivity index (χ1n) is 6.22. The Morgan fingerprint density at radius 1 is 1.28 bits per heavy atom. The first-order chi connectivity index (χ1) is 8.75. The molecule has 1 aliphatic rings. The van der Waals surface area contributed by atoms with Crippen LogP contribution in [-0.4, -0.2) is 42.7 Å². The van der Waals surface area contributed by atoms with Crippen molar-refractivity contribution < 1.29 is 4.79 Å². The zero-order valence-corrected chi connectivity index (χ0v) is 11.2. The Hall–Kier alpha value is -1.20. The van der Waals surface area contributed by atoms with Gasteiger partial charge in [-0.2, -0.15) is 0 Å². The molecule has 1 amide bonds. The highest BCUT2D eigenvalue weighted by Crippen LogP contribution is 2.19. The van der Waals surface area contributed by atoms with E-state index in [0.717, 1.165) is 43.2 Å². The van der Waals surface area contributed by atoms with Crippen molar-refractivity contribution in [3.63, 3.8) is 0 Å². The third kappa shape index (κ3) is 3.92. The van der Waals surface area contributed by atoms with Gasteiger partial charge in [0.2, 0.25) is 5.91 Å². The van der Waals surface area contributed by atoms with Gasteiger partial charge in [0, 0.05) is 30.2 Å². The van der Waals surface area contributed by atoms with Gasteiger partial charge in [-0.3, -0.25) is 4.79 Å². The van der Waals surface area contributed by atoms with Crippen LogP contribution in [0.25, 0.3) is 0 Å². The van der Waals surface area contributed by atoms with Crippen LogP contribution in [0.2, 0.25) is 0 Å². The molecule has 1 aromatic rings. The summed E-state index contributed by atoms with van der Waals surface area (Å²) in [6.45, 7) is 3.60. The number of hydrogen-bond acceptors (Lipinski definition) is 4. The maximum atomic E-state index is 12.0. The Bertz CT molecular complexity index is 386. The number of benzene rings is 1. The van der Waals surface area contributed by atoms with Crippen LogP contribution >= 0.6 is 11.8 Å². The molecule has 1 fully saturated rings. The van der Waals surface area contributed by atoms with Crippen molar-refractivity contribution in [1.29, 1.82) is 0 Å². The van der Waals surface area contributed by atoms with Crippen molar-refractivity contribution in [2.75, 3.05) is 37.7 Å². The minimum atomic E-state index is 0.223. The van der Waals surface area contributed by atoms with Crippen molar-refractivity contribution in [2.24, 2.45) is 0 Å². The van der Waals surface area contributed by atoms with Gasteiger partial charge in [-0.05, 0) is 37.2 Å². The quantitative estimate of drug-likeness (QED) is 0.636. The fourth-order valence-corrected chi connectivity index (χ4v) is 2.70. The van der Waals surface area contributed by atoms with E-state index in [9.17, 15) is 4.79 Å². The maximum Gasteiger partial charge on any atom is 0.232 e. The van der Waals surface area contributed by atoms with Crippen LogP contribution in [0.3, 0.4) is 0 Å². The highest BCUT2D eigenvalue weighted by Gasteiger charge is 2.14. The standard InChI is InChI=1S/C13H19N3OS/c14-11-2-4-12(5-3-11)18-10-13(17)16-8-1-6-15-7-9-16/h2-5,15H,1,6-10,14H2. The molecule has 0 bridgehead atoms. The predicted octanol–water partition coefficient (Wildman–Crippen LogP) is 1.18. The van der Waals surface area contributed by atoms with Gasteiger partial charge in [0.25, 0.3) is 0 Å². The summed E-state index contributed by atoms with van der Waals surface area (Å²) in [6.07, 6.45) is 1.04. The van der Waals surface area contributed by atoms with E-state index < -0.39 is 0 Å². The van der Waals surface area contributed by atoms with Crippen molar-refractivity contribution in [3.8, 4) is 0 Å². The van der Waals surface area contributed by atoms with Crippen LogP contribution in [0.15, 0.2) is 29.2 Å². The Morgan fingerprint density at radius 3 is 2.83 bits per heavy atom. The number of nitrogens with one attached hydrogen (secondary N) is 1. The molecule has 0 aromatic heterocycles. The van der Waals surface area contributed by atoms with Gasteiger partial charge in [-0.1, -0.05) is 0 Å². The molecule has 1 aromatic carbocycles. The molecule has 0 radical (unpaired) electrons. The van der Waals surface area contributed by atoms with E-state index in [1.54, 1.807) is 11.8 Å². The highest BCUT2D eigenvalue weighted by atomic mass is 32.2. The number of carbonyl (C=O) groups excluding carboxylic acids is 1. The molecule has 0 atom stereocenters. The zero-order valence-electron chi connectivity index (χ0n) is 10.4. The number of anilines is 1. The summed E-state index contributed by atoms with van der Waals surface area (Å²) in [5.41, 5.74) is 6.38. The third-order valence-corrected chi connectivity index (χ3v) is 3.93. The van der Waals surface area contributed by atoms with Crippen molar-refractivity contribution in [1.82, 2.24) is 10.2 Å². The van der Waals surface area contributed by atoms with Gasteiger partial charge in [0.1, 0.15) is 0 Å². The summed E-state index contributed by atoms with van der Waals surface area (Å²) in [4.78, 5) is 15.1. The predicted molar refractivity (Wildman–Crippen MR) is 75.6 cm³/mol.